The van der Waals surface area contributed by atoms with E-state index in [1.165, 1.54) is 0 Å². The Labute approximate surface area is 96.1 Å². The maximum atomic E-state index is 5.42. The molecule has 0 radical (unpaired) electrons. The molecule has 0 saturated carbocycles. The predicted molar refractivity (Wildman–Crippen MR) is 65.6 cm³/mol. The van der Waals surface area contributed by atoms with Crippen molar-refractivity contribution >= 4 is 16.9 Å². The third-order valence-electron chi connectivity index (χ3n) is 3.28. The number of nitrogens with one attached hydrogen (secondary N) is 1. The van der Waals surface area contributed by atoms with Crippen molar-refractivity contribution < 1.29 is 4.74 Å². The number of rotatable bonds is 2. The highest BCUT2D eigenvalue weighted by Gasteiger charge is 2.35. The van der Waals surface area contributed by atoms with Crippen molar-refractivity contribution in [2.45, 2.75) is 44.7 Å². The van der Waals surface area contributed by atoms with Gasteiger partial charge >= 0.3 is 0 Å². The van der Waals surface area contributed by atoms with Crippen LogP contribution < -0.4 is 5.32 Å². The van der Waals surface area contributed by atoms with Gasteiger partial charge in [0.25, 0.3) is 0 Å². The van der Waals surface area contributed by atoms with Gasteiger partial charge in [-0.2, -0.15) is 0 Å². The summed E-state index contributed by atoms with van der Waals surface area (Å²) < 4.78 is 5.42. The molecule has 0 aromatic carbocycles. The van der Waals surface area contributed by atoms with Crippen molar-refractivity contribution in [3.63, 3.8) is 0 Å². The molecule has 3 nitrogen and oxygen atoms in total. The van der Waals surface area contributed by atoms with Crippen molar-refractivity contribution in [3.8, 4) is 0 Å². The fourth-order valence-corrected chi connectivity index (χ4v) is 3.12. The van der Waals surface area contributed by atoms with Gasteiger partial charge in [-0.05, 0) is 26.7 Å². The van der Waals surface area contributed by atoms with Crippen molar-refractivity contribution in [3.05, 3.63) is 0 Å². The first-order valence-corrected chi connectivity index (χ1v) is 6.62. The summed E-state index contributed by atoms with van der Waals surface area (Å²) in [6, 6.07) is 0. The highest BCUT2D eigenvalue weighted by atomic mass is 32.2. The van der Waals surface area contributed by atoms with E-state index in [0.29, 0.717) is 0 Å². The minimum absolute atomic E-state index is 0.102. The zero-order valence-corrected chi connectivity index (χ0v) is 10.6. The van der Waals surface area contributed by atoms with Gasteiger partial charge in [0.1, 0.15) is 0 Å². The molecular formula is C11H20N2OS. The standard InChI is InChI=1S/C11H20N2OS/c1-4-10(2)8-15-9(12-10)13-11(3)5-6-14-7-11/h4-8H2,1-3H3,(H,12,13). The van der Waals surface area contributed by atoms with Crippen LogP contribution >= 0.6 is 11.8 Å². The number of amidine groups is 1. The lowest BCUT2D eigenvalue weighted by Crippen LogP contribution is -2.45. The van der Waals surface area contributed by atoms with Gasteiger partial charge in [0, 0.05) is 12.4 Å². The van der Waals surface area contributed by atoms with E-state index in [4.69, 9.17) is 9.73 Å². The second-order valence-corrected chi connectivity index (χ2v) is 6.01. The maximum absolute atomic E-state index is 5.42. The molecule has 0 aliphatic carbocycles. The van der Waals surface area contributed by atoms with Crippen LogP contribution in [0.5, 0.6) is 0 Å². The smallest absolute Gasteiger partial charge is 0.157 e. The van der Waals surface area contributed by atoms with Gasteiger partial charge in [0.15, 0.2) is 5.17 Å². The minimum atomic E-state index is 0.102. The molecule has 0 spiro atoms. The second kappa shape index (κ2) is 3.98. The van der Waals surface area contributed by atoms with E-state index in [-0.39, 0.29) is 11.1 Å². The molecule has 2 rings (SSSR count). The molecule has 2 atom stereocenters. The number of hydrogen-bond donors (Lipinski definition) is 1. The SMILES string of the molecule is CCC1(C)CSC(NC2(C)CCOC2)=N1. The molecule has 4 heteroatoms. The molecule has 0 amide bonds. The summed E-state index contributed by atoms with van der Waals surface area (Å²) in [4.78, 5) is 4.76. The number of ether oxygens (including phenoxy) is 1. The maximum Gasteiger partial charge on any atom is 0.157 e. The largest absolute Gasteiger partial charge is 0.379 e. The molecule has 1 fully saturated rings. The molecule has 2 unspecified atom stereocenters. The lowest BCUT2D eigenvalue weighted by atomic mass is 10.0. The van der Waals surface area contributed by atoms with Crippen molar-refractivity contribution in [1.29, 1.82) is 0 Å². The lowest BCUT2D eigenvalue weighted by Gasteiger charge is -2.24. The third-order valence-corrected chi connectivity index (χ3v) is 4.51. The zero-order chi connectivity index (χ0) is 10.9. The fraction of sp³-hybridized carbons (Fsp3) is 0.909. The molecule has 0 aromatic heterocycles. The van der Waals surface area contributed by atoms with Gasteiger partial charge in [0.2, 0.25) is 0 Å². The van der Waals surface area contributed by atoms with E-state index in [0.717, 1.165) is 37.0 Å². The van der Waals surface area contributed by atoms with Crippen LogP contribution in [0.25, 0.3) is 0 Å². The van der Waals surface area contributed by atoms with Gasteiger partial charge < -0.3 is 10.1 Å². The van der Waals surface area contributed by atoms with Crippen LogP contribution in [-0.2, 0) is 4.74 Å². The zero-order valence-electron chi connectivity index (χ0n) is 9.80. The van der Waals surface area contributed by atoms with Crippen LogP contribution in [0, 0.1) is 0 Å². The highest BCUT2D eigenvalue weighted by molar-refractivity contribution is 8.14. The Kier molecular flexibility index (Phi) is 2.99. The van der Waals surface area contributed by atoms with Crippen LogP contribution in [0.1, 0.15) is 33.6 Å². The molecule has 86 valence electrons. The quantitative estimate of drug-likeness (QED) is 0.785. The highest BCUT2D eigenvalue weighted by Crippen LogP contribution is 2.31. The van der Waals surface area contributed by atoms with Gasteiger partial charge in [-0.3, -0.25) is 4.99 Å². The summed E-state index contributed by atoms with van der Waals surface area (Å²) in [7, 11) is 0. The summed E-state index contributed by atoms with van der Waals surface area (Å²) in [5.41, 5.74) is 0.244. The van der Waals surface area contributed by atoms with E-state index < -0.39 is 0 Å². The average molecular weight is 228 g/mol. The first-order valence-electron chi connectivity index (χ1n) is 5.64. The molecule has 1 saturated heterocycles. The Morgan fingerprint density at radius 3 is 2.87 bits per heavy atom. The Balaban J connectivity index is 1.98. The Hall–Kier alpha value is -0.220. The minimum Gasteiger partial charge on any atom is -0.379 e. The molecule has 15 heavy (non-hydrogen) atoms. The number of thioether (sulfide) groups is 1. The van der Waals surface area contributed by atoms with E-state index in [1.807, 2.05) is 11.8 Å². The normalized spacial score (nSPS) is 40.6. The van der Waals surface area contributed by atoms with Crippen molar-refractivity contribution in [1.82, 2.24) is 5.32 Å². The van der Waals surface area contributed by atoms with Crippen LogP contribution in [-0.4, -0.2) is 35.2 Å². The van der Waals surface area contributed by atoms with Gasteiger partial charge in [-0.25, -0.2) is 0 Å². The molecule has 2 aliphatic rings. The Morgan fingerprint density at radius 1 is 1.53 bits per heavy atom. The third kappa shape index (κ3) is 2.48. The molecule has 1 N–H and O–H groups in total. The monoisotopic (exact) mass is 228 g/mol. The summed E-state index contributed by atoms with van der Waals surface area (Å²) in [6.07, 6.45) is 2.19. The summed E-state index contributed by atoms with van der Waals surface area (Å²) in [5.74, 6) is 1.10. The van der Waals surface area contributed by atoms with Gasteiger partial charge in [-0.1, -0.05) is 18.7 Å². The molecular weight excluding hydrogens is 208 g/mol. The van der Waals surface area contributed by atoms with Gasteiger partial charge in [0.05, 0.1) is 17.7 Å². The first kappa shape index (κ1) is 11.3. The number of aliphatic imine (C=N–C) groups is 1. The van der Waals surface area contributed by atoms with Crippen LogP contribution in [0.4, 0.5) is 0 Å². The summed E-state index contributed by atoms with van der Waals surface area (Å²) in [6.45, 7) is 8.31. The van der Waals surface area contributed by atoms with Gasteiger partial charge in [-0.15, -0.1) is 0 Å². The van der Waals surface area contributed by atoms with Crippen molar-refractivity contribution in [2.75, 3.05) is 19.0 Å². The summed E-state index contributed by atoms with van der Waals surface area (Å²) >= 11 is 1.84. The number of hydrogen-bond acceptors (Lipinski definition) is 4. The molecule has 0 bridgehead atoms. The van der Waals surface area contributed by atoms with Crippen LogP contribution in [0.3, 0.4) is 0 Å². The van der Waals surface area contributed by atoms with Crippen LogP contribution in [0.15, 0.2) is 4.99 Å². The summed E-state index contributed by atoms with van der Waals surface area (Å²) in [5, 5.41) is 4.64. The van der Waals surface area contributed by atoms with E-state index in [1.54, 1.807) is 0 Å². The average Bonchev–Trinajstić information content (AvgIpc) is 2.75. The van der Waals surface area contributed by atoms with E-state index >= 15 is 0 Å². The predicted octanol–water partition coefficient (Wildman–Crippen LogP) is 2.03. The first-order chi connectivity index (χ1) is 7.05. The van der Waals surface area contributed by atoms with E-state index in [9.17, 15) is 0 Å². The van der Waals surface area contributed by atoms with Crippen molar-refractivity contribution in [2.24, 2.45) is 4.99 Å². The molecule has 2 aliphatic heterocycles. The van der Waals surface area contributed by atoms with Crippen LogP contribution in [0.2, 0.25) is 0 Å². The Morgan fingerprint density at radius 2 is 2.33 bits per heavy atom. The Bertz CT molecular complexity index is 274. The molecule has 2 heterocycles. The topological polar surface area (TPSA) is 33.6 Å². The fourth-order valence-electron chi connectivity index (χ4n) is 1.80. The van der Waals surface area contributed by atoms with E-state index in [2.05, 4.69) is 26.1 Å². The second-order valence-electron chi connectivity index (χ2n) is 5.04. The lowest BCUT2D eigenvalue weighted by molar-refractivity contribution is 0.177. The molecule has 0 aromatic rings. The number of nitrogens with zero attached hydrogens (tertiary/aromatic N) is 1.